The fourth-order valence-corrected chi connectivity index (χ4v) is 4.01. The highest BCUT2D eigenvalue weighted by Gasteiger charge is 2.14. The van der Waals surface area contributed by atoms with Crippen molar-refractivity contribution in [2.24, 2.45) is 0 Å². The largest absolute Gasteiger partial charge is 0.483 e. The van der Waals surface area contributed by atoms with E-state index in [9.17, 15) is 18.0 Å². The van der Waals surface area contributed by atoms with Crippen LogP contribution in [-0.2, 0) is 14.6 Å². The van der Waals surface area contributed by atoms with Crippen molar-refractivity contribution in [3.8, 4) is 5.75 Å². The molecule has 0 heterocycles. The van der Waals surface area contributed by atoms with Gasteiger partial charge in [0.25, 0.3) is 11.8 Å². The lowest BCUT2D eigenvalue weighted by molar-refractivity contribution is -0.118. The van der Waals surface area contributed by atoms with Crippen LogP contribution in [0.4, 0.5) is 11.4 Å². The monoisotopic (exact) mass is 486 g/mol. The second-order valence-corrected chi connectivity index (χ2v) is 9.93. The van der Waals surface area contributed by atoms with Crippen molar-refractivity contribution in [1.82, 2.24) is 0 Å². The first-order valence-corrected chi connectivity index (χ1v) is 12.2. The fourth-order valence-electron chi connectivity index (χ4n) is 3.12. The number of aryl methyl sites for hydroxylation is 2. The smallest absolute Gasteiger partial charge is 0.262 e. The van der Waals surface area contributed by atoms with Gasteiger partial charge >= 0.3 is 0 Å². The van der Waals surface area contributed by atoms with Crippen LogP contribution >= 0.6 is 11.6 Å². The van der Waals surface area contributed by atoms with Gasteiger partial charge in [0, 0.05) is 17.5 Å². The number of halogens is 1. The molecule has 0 saturated carbocycles. The van der Waals surface area contributed by atoms with Crippen LogP contribution in [0.2, 0.25) is 5.02 Å². The Bertz CT molecular complexity index is 1300. The average Bonchev–Trinajstić information content (AvgIpc) is 2.75. The van der Waals surface area contributed by atoms with Crippen molar-refractivity contribution < 1.29 is 22.7 Å². The van der Waals surface area contributed by atoms with E-state index in [1.807, 2.05) is 32.0 Å². The van der Waals surface area contributed by atoms with Crippen LogP contribution in [-0.4, -0.2) is 33.1 Å². The Hall–Kier alpha value is -3.36. The van der Waals surface area contributed by atoms with Crippen LogP contribution < -0.4 is 15.4 Å². The summed E-state index contributed by atoms with van der Waals surface area (Å²) in [6.07, 6.45) is 1.07. The number of hydrogen-bond acceptors (Lipinski definition) is 5. The number of ether oxygens (including phenoxy) is 1. The Labute approximate surface area is 197 Å². The molecule has 0 aromatic heterocycles. The van der Waals surface area contributed by atoms with Gasteiger partial charge in [0.15, 0.2) is 16.4 Å². The third-order valence-corrected chi connectivity index (χ3v) is 6.20. The lowest BCUT2D eigenvalue weighted by Crippen LogP contribution is -2.20. The lowest BCUT2D eigenvalue weighted by atomic mass is 10.1. The third kappa shape index (κ3) is 6.34. The zero-order chi connectivity index (χ0) is 24.2. The number of nitrogens with one attached hydrogen (secondary N) is 2. The van der Waals surface area contributed by atoms with E-state index in [4.69, 9.17) is 16.3 Å². The second-order valence-electron chi connectivity index (χ2n) is 7.51. The SMILES string of the molecule is Cc1cccc(C)c1OCC(=O)Nc1ccc(NC(=O)c2cccc(S(C)(=O)=O)c2)c(Cl)c1. The van der Waals surface area contributed by atoms with E-state index in [-0.39, 0.29) is 28.0 Å². The van der Waals surface area contributed by atoms with Crippen molar-refractivity contribution in [1.29, 1.82) is 0 Å². The molecule has 0 bridgehead atoms. The molecule has 0 aliphatic heterocycles. The summed E-state index contributed by atoms with van der Waals surface area (Å²) in [7, 11) is -3.44. The Kier molecular flexibility index (Phi) is 7.40. The molecule has 0 unspecified atom stereocenters. The van der Waals surface area contributed by atoms with Crippen LogP contribution in [0.15, 0.2) is 65.6 Å². The molecule has 9 heteroatoms. The number of hydrogen-bond donors (Lipinski definition) is 2. The summed E-state index contributed by atoms with van der Waals surface area (Å²) in [5, 5.41) is 5.55. The molecule has 0 aliphatic carbocycles. The molecular weight excluding hydrogens is 464 g/mol. The highest BCUT2D eigenvalue weighted by atomic mass is 35.5. The van der Waals surface area contributed by atoms with Gasteiger partial charge in [-0.3, -0.25) is 9.59 Å². The normalized spacial score (nSPS) is 11.0. The number of amides is 2. The first-order chi connectivity index (χ1) is 15.5. The van der Waals surface area contributed by atoms with Crippen LogP contribution in [0, 0.1) is 13.8 Å². The highest BCUT2D eigenvalue weighted by molar-refractivity contribution is 7.90. The molecule has 0 saturated heterocycles. The summed E-state index contributed by atoms with van der Waals surface area (Å²) in [6.45, 7) is 3.65. The van der Waals surface area contributed by atoms with Crippen LogP contribution in [0.1, 0.15) is 21.5 Å². The minimum absolute atomic E-state index is 0.0439. The van der Waals surface area contributed by atoms with Crippen molar-refractivity contribution in [3.63, 3.8) is 0 Å². The molecule has 0 aliphatic rings. The molecule has 3 aromatic rings. The molecule has 0 spiro atoms. The molecule has 0 fully saturated rings. The van der Waals surface area contributed by atoms with E-state index in [2.05, 4.69) is 10.6 Å². The van der Waals surface area contributed by atoms with Gasteiger partial charge in [-0.1, -0.05) is 35.9 Å². The molecule has 0 radical (unpaired) electrons. The van der Waals surface area contributed by atoms with Crippen molar-refractivity contribution in [2.75, 3.05) is 23.5 Å². The van der Waals surface area contributed by atoms with Gasteiger partial charge < -0.3 is 15.4 Å². The van der Waals surface area contributed by atoms with Crippen molar-refractivity contribution >= 4 is 44.6 Å². The number of para-hydroxylation sites is 1. The molecule has 0 atom stereocenters. The topological polar surface area (TPSA) is 102 Å². The van der Waals surface area contributed by atoms with E-state index in [1.54, 1.807) is 12.1 Å². The summed E-state index contributed by atoms with van der Waals surface area (Å²) >= 11 is 6.27. The van der Waals surface area contributed by atoms with E-state index in [1.165, 1.54) is 30.3 Å². The van der Waals surface area contributed by atoms with E-state index >= 15 is 0 Å². The number of carbonyl (C=O) groups excluding carboxylic acids is 2. The van der Waals surface area contributed by atoms with Gasteiger partial charge in [-0.05, 0) is 61.4 Å². The summed E-state index contributed by atoms with van der Waals surface area (Å²) in [6, 6.07) is 16.1. The lowest BCUT2D eigenvalue weighted by Gasteiger charge is -2.13. The number of benzene rings is 3. The van der Waals surface area contributed by atoms with Gasteiger partial charge in [0.2, 0.25) is 0 Å². The number of sulfone groups is 1. The van der Waals surface area contributed by atoms with Gasteiger partial charge in [-0.2, -0.15) is 0 Å². The zero-order valence-corrected chi connectivity index (χ0v) is 19.9. The highest BCUT2D eigenvalue weighted by Crippen LogP contribution is 2.27. The standard InChI is InChI=1S/C24H23ClN2O5S/c1-15-6-4-7-16(2)23(15)32-14-22(28)26-18-10-11-21(20(25)13-18)27-24(29)17-8-5-9-19(12-17)33(3,30)31/h4-13H,14H2,1-3H3,(H,26,28)(H,27,29). The summed E-state index contributed by atoms with van der Waals surface area (Å²) in [5.41, 5.74) is 2.81. The van der Waals surface area contributed by atoms with E-state index in [0.29, 0.717) is 17.1 Å². The molecule has 172 valence electrons. The first kappa shape index (κ1) is 24.3. The third-order valence-electron chi connectivity index (χ3n) is 4.78. The minimum atomic E-state index is -3.44. The van der Waals surface area contributed by atoms with Crippen LogP contribution in [0.3, 0.4) is 0 Å². The maximum Gasteiger partial charge on any atom is 0.262 e. The van der Waals surface area contributed by atoms with Crippen molar-refractivity contribution in [2.45, 2.75) is 18.7 Å². The average molecular weight is 487 g/mol. The van der Waals surface area contributed by atoms with Gasteiger partial charge in [0.1, 0.15) is 5.75 Å². The second kappa shape index (κ2) is 10.1. The van der Waals surface area contributed by atoms with E-state index < -0.39 is 15.7 Å². The Morgan fingerprint density at radius 1 is 0.939 bits per heavy atom. The molecule has 7 nitrogen and oxygen atoms in total. The summed E-state index contributed by atoms with van der Waals surface area (Å²) < 4.78 is 29.1. The molecule has 3 aromatic carbocycles. The molecule has 2 amide bonds. The predicted molar refractivity (Wildman–Crippen MR) is 129 cm³/mol. The number of rotatable bonds is 7. The van der Waals surface area contributed by atoms with E-state index in [0.717, 1.165) is 17.4 Å². The first-order valence-electron chi connectivity index (χ1n) is 9.94. The van der Waals surface area contributed by atoms with Crippen molar-refractivity contribution in [3.05, 3.63) is 82.4 Å². The molecule has 2 N–H and O–H groups in total. The van der Waals surface area contributed by atoms with Gasteiger partial charge in [0.05, 0.1) is 15.6 Å². The zero-order valence-electron chi connectivity index (χ0n) is 18.3. The minimum Gasteiger partial charge on any atom is -0.483 e. The summed E-state index contributed by atoms with van der Waals surface area (Å²) in [5.74, 6) is -0.201. The Balaban J connectivity index is 1.64. The quantitative estimate of drug-likeness (QED) is 0.507. The number of carbonyl (C=O) groups is 2. The molecule has 3 rings (SSSR count). The molecular formula is C24H23ClN2O5S. The Morgan fingerprint density at radius 2 is 1.61 bits per heavy atom. The van der Waals surface area contributed by atoms with Crippen LogP contribution in [0.5, 0.6) is 5.75 Å². The maximum absolute atomic E-state index is 12.5. The Morgan fingerprint density at radius 3 is 2.24 bits per heavy atom. The maximum atomic E-state index is 12.5. The predicted octanol–water partition coefficient (Wildman–Crippen LogP) is 4.63. The van der Waals surface area contributed by atoms with Gasteiger partial charge in [-0.15, -0.1) is 0 Å². The fraction of sp³-hybridized carbons (Fsp3) is 0.167. The summed E-state index contributed by atoms with van der Waals surface area (Å²) in [4.78, 5) is 24.9. The van der Waals surface area contributed by atoms with Gasteiger partial charge in [-0.25, -0.2) is 8.42 Å². The number of anilines is 2. The van der Waals surface area contributed by atoms with Crippen LogP contribution in [0.25, 0.3) is 0 Å². The molecule has 33 heavy (non-hydrogen) atoms.